The van der Waals surface area contributed by atoms with E-state index >= 15 is 0 Å². The van der Waals surface area contributed by atoms with E-state index in [2.05, 4.69) is 10.2 Å². The predicted octanol–water partition coefficient (Wildman–Crippen LogP) is 0.699. The van der Waals surface area contributed by atoms with Crippen molar-refractivity contribution in [2.75, 3.05) is 39.4 Å². The number of morpholine rings is 1. The third-order valence-corrected chi connectivity index (χ3v) is 2.14. The first kappa shape index (κ1) is 12.3. The number of carbonyl (C=O) groups is 1. The van der Waals surface area contributed by atoms with Crippen LogP contribution in [0, 0.1) is 0 Å². The van der Waals surface area contributed by atoms with Crippen LogP contribution >= 0.6 is 0 Å². The van der Waals surface area contributed by atoms with Crippen molar-refractivity contribution in [3.05, 3.63) is 0 Å². The third kappa shape index (κ3) is 5.59. The van der Waals surface area contributed by atoms with Crippen LogP contribution in [0.3, 0.4) is 0 Å². The monoisotopic (exact) mass is 218 g/mol. The van der Waals surface area contributed by atoms with Crippen molar-refractivity contribution in [3.8, 4) is 0 Å². The van der Waals surface area contributed by atoms with Crippen molar-refractivity contribution in [1.29, 1.82) is 0 Å². The maximum atomic E-state index is 11.1. The Labute approximate surface area is 92.2 Å². The summed E-state index contributed by atoms with van der Waals surface area (Å²) in [6.45, 7) is 8.62. The first-order chi connectivity index (χ1) is 7.18. The Balaban J connectivity index is 0.00000225. The van der Waals surface area contributed by atoms with E-state index in [-0.39, 0.29) is 13.6 Å². The number of nitrogens with one attached hydrogen (secondary N) is 1. The van der Waals surface area contributed by atoms with Crippen LogP contribution in [0.2, 0.25) is 0 Å². The summed E-state index contributed by atoms with van der Waals surface area (Å²) in [6, 6.07) is 0. The second kappa shape index (κ2) is 6.63. The number of amides is 1. The number of ether oxygens (including phenoxy) is 2. The summed E-state index contributed by atoms with van der Waals surface area (Å²) < 4.78 is 10.2. The molecule has 0 bridgehead atoms. The smallest absolute Gasteiger partial charge is 0.407 e. The van der Waals surface area contributed by atoms with Crippen molar-refractivity contribution in [3.63, 3.8) is 0 Å². The lowest BCUT2D eigenvalue weighted by molar-refractivity contribution is 0.0380. The van der Waals surface area contributed by atoms with Crippen LogP contribution in [0.15, 0.2) is 0 Å². The van der Waals surface area contributed by atoms with Gasteiger partial charge in [-0.1, -0.05) is 0 Å². The van der Waals surface area contributed by atoms with Crippen molar-refractivity contribution in [1.82, 2.24) is 10.2 Å². The van der Waals surface area contributed by atoms with E-state index in [1.807, 2.05) is 13.8 Å². The maximum Gasteiger partial charge on any atom is 0.407 e. The molecule has 0 aromatic carbocycles. The second-order valence-electron chi connectivity index (χ2n) is 3.83. The molecule has 1 N–H and O–H groups in total. The van der Waals surface area contributed by atoms with Crippen LogP contribution in [-0.2, 0) is 9.47 Å². The summed E-state index contributed by atoms with van der Waals surface area (Å²) in [6.07, 6.45) is -0.397. The van der Waals surface area contributed by atoms with Gasteiger partial charge in [0.25, 0.3) is 0 Å². The van der Waals surface area contributed by atoms with E-state index in [9.17, 15) is 4.79 Å². The highest BCUT2D eigenvalue weighted by Gasteiger charge is 2.10. The Hall–Kier alpha value is -0.810. The Bertz CT molecular complexity index is 197. The van der Waals surface area contributed by atoms with Gasteiger partial charge < -0.3 is 14.8 Å². The zero-order chi connectivity index (χ0) is 11.1. The average molecular weight is 218 g/mol. The Kier molecular flexibility index (Phi) is 5.42. The first-order valence-corrected chi connectivity index (χ1v) is 5.43. The van der Waals surface area contributed by atoms with Gasteiger partial charge in [0.05, 0.1) is 19.3 Å². The molecule has 1 rings (SSSR count). The Morgan fingerprint density at radius 2 is 2.20 bits per heavy atom. The molecule has 1 saturated heterocycles. The lowest BCUT2D eigenvalue weighted by Crippen LogP contribution is -2.41. The first-order valence-electron chi connectivity index (χ1n) is 5.43. The molecule has 1 aliphatic heterocycles. The second-order valence-corrected chi connectivity index (χ2v) is 3.83. The Morgan fingerprint density at radius 3 is 2.80 bits per heavy atom. The largest absolute Gasteiger partial charge is 0.447 e. The molecule has 15 heavy (non-hydrogen) atoms. The fourth-order valence-corrected chi connectivity index (χ4v) is 1.40. The van der Waals surface area contributed by atoms with Gasteiger partial charge in [0.1, 0.15) is 0 Å². The molecule has 0 unspecified atom stereocenters. The summed E-state index contributed by atoms with van der Waals surface area (Å²) in [5.41, 5.74) is 0. The number of hydrogen-bond acceptors (Lipinski definition) is 4. The molecular weight excluding hydrogens is 196 g/mol. The van der Waals surface area contributed by atoms with Crippen LogP contribution in [0.1, 0.15) is 15.3 Å². The number of nitrogens with zero attached hydrogens (tertiary/aromatic N) is 1. The average Bonchev–Trinajstić information content (AvgIpc) is 2.18. The topological polar surface area (TPSA) is 50.8 Å². The van der Waals surface area contributed by atoms with Crippen LogP contribution < -0.4 is 5.32 Å². The summed E-state index contributed by atoms with van der Waals surface area (Å²) in [4.78, 5) is 13.4. The molecule has 0 aromatic heterocycles. The standard InChI is InChI=1S/C10H20N2O3.H2/c1-9(2)15-10(13)11-3-4-12-5-7-14-8-6-12;/h9H,3-8H2,1-2H3,(H,11,13);1H. The van der Waals surface area contributed by atoms with Crippen LogP contribution in [0.4, 0.5) is 4.79 Å². The van der Waals surface area contributed by atoms with Crippen molar-refractivity contribution in [2.45, 2.75) is 20.0 Å². The van der Waals surface area contributed by atoms with Gasteiger partial charge in [0.2, 0.25) is 0 Å². The highest BCUT2D eigenvalue weighted by Crippen LogP contribution is 1.95. The fourth-order valence-electron chi connectivity index (χ4n) is 1.40. The minimum absolute atomic E-state index is 0. The van der Waals surface area contributed by atoms with Crippen molar-refractivity contribution >= 4 is 6.09 Å². The molecule has 1 heterocycles. The summed E-state index contributed by atoms with van der Waals surface area (Å²) in [5, 5.41) is 2.72. The molecule has 0 aromatic rings. The zero-order valence-electron chi connectivity index (χ0n) is 9.49. The molecule has 0 spiro atoms. The van der Waals surface area contributed by atoms with E-state index in [4.69, 9.17) is 9.47 Å². The molecule has 1 amide bonds. The Morgan fingerprint density at radius 1 is 1.53 bits per heavy atom. The number of alkyl carbamates (subject to hydrolysis) is 1. The minimum atomic E-state index is -0.335. The molecule has 1 aliphatic rings. The van der Waals surface area contributed by atoms with E-state index < -0.39 is 0 Å². The summed E-state index contributed by atoms with van der Waals surface area (Å²) >= 11 is 0. The van der Waals surface area contributed by atoms with Crippen LogP contribution in [0.25, 0.3) is 0 Å². The lowest BCUT2D eigenvalue weighted by atomic mass is 10.4. The number of carbonyl (C=O) groups excluding carboxylic acids is 1. The minimum Gasteiger partial charge on any atom is -0.447 e. The van der Waals surface area contributed by atoms with Gasteiger partial charge in [-0.25, -0.2) is 4.79 Å². The van der Waals surface area contributed by atoms with Gasteiger partial charge >= 0.3 is 6.09 Å². The van der Waals surface area contributed by atoms with E-state index in [1.54, 1.807) is 0 Å². The van der Waals surface area contributed by atoms with Crippen LogP contribution in [0.5, 0.6) is 0 Å². The van der Waals surface area contributed by atoms with Gasteiger partial charge in [-0.2, -0.15) is 0 Å². The molecule has 5 nitrogen and oxygen atoms in total. The molecular formula is C10H22N2O3. The van der Waals surface area contributed by atoms with Gasteiger partial charge in [-0.3, -0.25) is 4.90 Å². The van der Waals surface area contributed by atoms with E-state index in [0.29, 0.717) is 6.54 Å². The predicted molar refractivity (Wildman–Crippen MR) is 59.0 cm³/mol. The quantitative estimate of drug-likeness (QED) is 0.754. The number of hydrogen-bond donors (Lipinski definition) is 1. The zero-order valence-corrected chi connectivity index (χ0v) is 9.49. The van der Waals surface area contributed by atoms with E-state index in [1.165, 1.54) is 0 Å². The van der Waals surface area contributed by atoms with Gasteiger partial charge in [0.15, 0.2) is 0 Å². The van der Waals surface area contributed by atoms with Crippen molar-refractivity contribution in [2.24, 2.45) is 0 Å². The van der Waals surface area contributed by atoms with Crippen LogP contribution in [-0.4, -0.2) is 56.5 Å². The maximum absolute atomic E-state index is 11.1. The molecule has 1 fully saturated rings. The normalized spacial score (nSPS) is 17.8. The fraction of sp³-hybridized carbons (Fsp3) is 0.900. The highest BCUT2D eigenvalue weighted by atomic mass is 16.6. The van der Waals surface area contributed by atoms with E-state index in [0.717, 1.165) is 32.8 Å². The molecule has 0 atom stereocenters. The molecule has 5 heteroatoms. The summed E-state index contributed by atoms with van der Waals surface area (Å²) in [7, 11) is 0. The molecule has 0 saturated carbocycles. The van der Waals surface area contributed by atoms with Crippen molar-refractivity contribution < 1.29 is 15.7 Å². The lowest BCUT2D eigenvalue weighted by Gasteiger charge is -2.26. The van der Waals surface area contributed by atoms with Gasteiger partial charge in [-0.15, -0.1) is 0 Å². The summed E-state index contributed by atoms with van der Waals surface area (Å²) in [5.74, 6) is 0. The SMILES string of the molecule is CC(C)OC(=O)NCCN1CCOCC1.[HH]. The van der Waals surface area contributed by atoms with Gasteiger partial charge in [-0.05, 0) is 13.8 Å². The third-order valence-electron chi connectivity index (χ3n) is 2.14. The highest BCUT2D eigenvalue weighted by molar-refractivity contribution is 5.67. The molecule has 0 radical (unpaired) electrons. The number of rotatable bonds is 4. The van der Waals surface area contributed by atoms with Gasteiger partial charge in [0, 0.05) is 27.6 Å². The molecule has 90 valence electrons. The molecule has 0 aliphatic carbocycles.